The topological polar surface area (TPSA) is 72.6 Å². The lowest BCUT2D eigenvalue weighted by Crippen LogP contribution is -2.40. The molecule has 0 aromatic heterocycles. The van der Waals surface area contributed by atoms with Gasteiger partial charge >= 0.3 is 0 Å². The Morgan fingerprint density at radius 2 is 2.21 bits per heavy atom. The number of hydrogen-bond acceptors (Lipinski definition) is 4. The Morgan fingerprint density at radius 3 is 2.68 bits per heavy atom. The number of nitrogens with two attached hydrogens (primary N) is 1. The summed E-state index contributed by atoms with van der Waals surface area (Å²) in [5.41, 5.74) is 5.46. The van der Waals surface area contributed by atoms with Crippen LogP contribution in [-0.2, 0) is 14.8 Å². The van der Waals surface area contributed by atoms with Crippen molar-refractivity contribution in [2.45, 2.75) is 39.2 Å². The molecular weight excluding hydrogens is 284 g/mol. The highest BCUT2D eigenvalue weighted by Gasteiger charge is 2.28. The lowest BCUT2D eigenvalue weighted by molar-refractivity contribution is 0.126. The molecule has 5 nitrogen and oxygen atoms in total. The maximum atomic E-state index is 12.4. The Bertz CT molecular complexity index is 390. The first kappa shape index (κ1) is 16.8. The molecule has 0 aromatic carbocycles. The van der Waals surface area contributed by atoms with E-state index < -0.39 is 10.0 Å². The van der Waals surface area contributed by atoms with E-state index in [-0.39, 0.29) is 17.8 Å². The summed E-state index contributed by atoms with van der Waals surface area (Å²) in [5.74, 6) is 0.336. The predicted molar refractivity (Wildman–Crippen MR) is 80.6 cm³/mol. The smallest absolute Gasteiger partial charge is 0.216 e. The van der Waals surface area contributed by atoms with E-state index in [2.05, 4.69) is 0 Å². The highest BCUT2D eigenvalue weighted by atomic mass is 32.2. The van der Waals surface area contributed by atoms with Crippen molar-refractivity contribution in [1.29, 1.82) is 0 Å². The number of ether oxygens (including phenoxy) is 1. The van der Waals surface area contributed by atoms with E-state index in [0.29, 0.717) is 31.1 Å². The number of sulfonamides is 1. The third-order valence-electron chi connectivity index (χ3n) is 2.99. The molecule has 1 heterocycles. The standard InChI is InChI=1S/C12H24N2O3S2/c1-10(2)8-14(6-5-12(13)18)19(15,16)9-11-4-3-7-17-11/h10-11H,3-9H2,1-2H3,(H2,13,18). The molecule has 2 N–H and O–H groups in total. The van der Waals surface area contributed by atoms with Crippen molar-refractivity contribution >= 4 is 27.2 Å². The molecule has 0 bridgehead atoms. The molecule has 1 saturated heterocycles. The summed E-state index contributed by atoms with van der Waals surface area (Å²) >= 11 is 4.83. The van der Waals surface area contributed by atoms with Crippen LogP contribution < -0.4 is 5.73 Å². The first-order chi connectivity index (χ1) is 8.81. The lowest BCUT2D eigenvalue weighted by atomic mass is 10.2. The van der Waals surface area contributed by atoms with Gasteiger partial charge in [-0.2, -0.15) is 0 Å². The van der Waals surface area contributed by atoms with Crippen molar-refractivity contribution in [2.75, 3.05) is 25.4 Å². The lowest BCUT2D eigenvalue weighted by Gasteiger charge is -2.25. The van der Waals surface area contributed by atoms with Gasteiger partial charge < -0.3 is 10.5 Å². The minimum absolute atomic E-state index is 0.0665. The van der Waals surface area contributed by atoms with Gasteiger partial charge in [0.25, 0.3) is 0 Å². The van der Waals surface area contributed by atoms with Gasteiger partial charge in [-0.05, 0) is 18.8 Å². The third-order valence-corrected chi connectivity index (χ3v) is 5.11. The van der Waals surface area contributed by atoms with Crippen molar-refractivity contribution in [3.63, 3.8) is 0 Å². The van der Waals surface area contributed by atoms with E-state index in [1.807, 2.05) is 13.8 Å². The molecule has 0 saturated carbocycles. The summed E-state index contributed by atoms with van der Waals surface area (Å²) in [4.78, 5) is 0.348. The van der Waals surface area contributed by atoms with E-state index in [0.717, 1.165) is 12.8 Å². The second-order valence-corrected chi connectivity index (χ2v) is 7.92. The quantitative estimate of drug-likeness (QED) is 0.681. The number of thiocarbonyl (C=S) groups is 1. The fraction of sp³-hybridized carbons (Fsp3) is 0.917. The van der Waals surface area contributed by atoms with Crippen molar-refractivity contribution in [3.8, 4) is 0 Å². The summed E-state index contributed by atoms with van der Waals surface area (Å²) in [6.07, 6.45) is 2.03. The molecule has 0 aliphatic carbocycles. The van der Waals surface area contributed by atoms with Gasteiger partial charge in [-0.25, -0.2) is 12.7 Å². The van der Waals surface area contributed by atoms with E-state index in [4.69, 9.17) is 22.7 Å². The summed E-state index contributed by atoms with van der Waals surface area (Å²) in [6, 6.07) is 0. The van der Waals surface area contributed by atoms with E-state index in [9.17, 15) is 8.42 Å². The predicted octanol–water partition coefficient (Wildman–Crippen LogP) is 1.13. The summed E-state index contributed by atoms with van der Waals surface area (Å²) in [5, 5.41) is 0. The van der Waals surface area contributed by atoms with E-state index in [1.165, 1.54) is 4.31 Å². The zero-order valence-electron chi connectivity index (χ0n) is 11.7. The van der Waals surface area contributed by atoms with Crippen LogP contribution in [0.1, 0.15) is 33.1 Å². The van der Waals surface area contributed by atoms with Crippen LogP contribution in [0.25, 0.3) is 0 Å². The first-order valence-electron chi connectivity index (χ1n) is 6.69. The van der Waals surface area contributed by atoms with Gasteiger partial charge in [0.2, 0.25) is 10.0 Å². The molecule has 1 aliphatic heterocycles. The number of rotatable bonds is 8. The molecule has 0 aromatic rings. The van der Waals surface area contributed by atoms with Gasteiger partial charge in [0.1, 0.15) is 0 Å². The molecule has 0 amide bonds. The van der Waals surface area contributed by atoms with Crippen LogP contribution in [0.5, 0.6) is 0 Å². The van der Waals surface area contributed by atoms with E-state index >= 15 is 0 Å². The van der Waals surface area contributed by atoms with Crippen LogP contribution in [0.4, 0.5) is 0 Å². The van der Waals surface area contributed by atoms with Crippen LogP contribution in [0.2, 0.25) is 0 Å². The fourth-order valence-corrected chi connectivity index (χ4v) is 4.03. The zero-order chi connectivity index (χ0) is 14.5. The molecule has 1 aliphatic rings. The highest BCUT2D eigenvalue weighted by molar-refractivity contribution is 7.89. The summed E-state index contributed by atoms with van der Waals surface area (Å²) in [7, 11) is -3.30. The Morgan fingerprint density at radius 1 is 1.53 bits per heavy atom. The average molecular weight is 308 g/mol. The second kappa shape index (κ2) is 7.52. The average Bonchev–Trinajstić information content (AvgIpc) is 2.75. The van der Waals surface area contributed by atoms with Gasteiger partial charge in [0.15, 0.2) is 0 Å². The molecule has 7 heteroatoms. The van der Waals surface area contributed by atoms with Gasteiger partial charge in [-0.15, -0.1) is 0 Å². The van der Waals surface area contributed by atoms with Crippen LogP contribution >= 0.6 is 12.2 Å². The van der Waals surface area contributed by atoms with Crippen molar-refractivity contribution < 1.29 is 13.2 Å². The summed E-state index contributed by atoms with van der Waals surface area (Å²) < 4.78 is 31.7. The molecule has 19 heavy (non-hydrogen) atoms. The summed E-state index contributed by atoms with van der Waals surface area (Å²) in [6.45, 7) is 5.52. The Kier molecular flexibility index (Phi) is 6.65. The highest BCUT2D eigenvalue weighted by Crippen LogP contribution is 2.17. The molecule has 1 unspecified atom stereocenters. The monoisotopic (exact) mass is 308 g/mol. The second-order valence-electron chi connectivity index (χ2n) is 5.38. The van der Waals surface area contributed by atoms with Gasteiger partial charge in [-0.3, -0.25) is 0 Å². The first-order valence-corrected chi connectivity index (χ1v) is 8.70. The van der Waals surface area contributed by atoms with Crippen LogP contribution in [0, 0.1) is 5.92 Å². The SMILES string of the molecule is CC(C)CN(CCC(N)=S)S(=O)(=O)CC1CCCO1. The Hall–Kier alpha value is -0.240. The van der Waals surface area contributed by atoms with Gasteiger partial charge in [-0.1, -0.05) is 26.1 Å². The zero-order valence-corrected chi connectivity index (χ0v) is 13.3. The fourth-order valence-electron chi connectivity index (χ4n) is 2.10. The van der Waals surface area contributed by atoms with Crippen molar-refractivity contribution in [1.82, 2.24) is 4.31 Å². The number of hydrogen-bond donors (Lipinski definition) is 1. The molecule has 0 radical (unpaired) electrons. The minimum Gasteiger partial charge on any atom is -0.393 e. The normalized spacial score (nSPS) is 20.3. The minimum atomic E-state index is -3.30. The molecular formula is C12H24N2O3S2. The maximum Gasteiger partial charge on any atom is 0.216 e. The molecule has 1 rings (SSSR count). The largest absolute Gasteiger partial charge is 0.393 e. The van der Waals surface area contributed by atoms with Gasteiger partial charge in [0.05, 0.1) is 16.8 Å². The Balaban J connectivity index is 2.66. The van der Waals surface area contributed by atoms with Crippen molar-refractivity contribution in [3.05, 3.63) is 0 Å². The van der Waals surface area contributed by atoms with Gasteiger partial charge in [0, 0.05) is 26.1 Å². The van der Waals surface area contributed by atoms with Crippen LogP contribution in [0.3, 0.4) is 0 Å². The Labute approximate surface area is 121 Å². The maximum absolute atomic E-state index is 12.4. The van der Waals surface area contributed by atoms with Crippen LogP contribution in [-0.4, -0.2) is 49.3 Å². The molecule has 1 atom stereocenters. The van der Waals surface area contributed by atoms with Crippen molar-refractivity contribution in [2.24, 2.45) is 11.7 Å². The third kappa shape index (κ3) is 6.16. The van der Waals surface area contributed by atoms with E-state index in [1.54, 1.807) is 0 Å². The number of nitrogens with zero attached hydrogens (tertiary/aromatic N) is 1. The molecule has 0 spiro atoms. The molecule has 1 fully saturated rings. The molecule has 112 valence electrons. The van der Waals surface area contributed by atoms with Crippen LogP contribution in [0.15, 0.2) is 0 Å².